The van der Waals surface area contributed by atoms with Crippen molar-refractivity contribution in [1.29, 1.82) is 0 Å². The zero-order valence-corrected chi connectivity index (χ0v) is 15.8. The Hall–Kier alpha value is -2.96. The number of H-pyrrole nitrogens is 1. The minimum Gasteiger partial charge on any atom is -0.361 e. The number of hydrogen-bond acceptors (Lipinski definition) is 5. The van der Waals surface area contributed by atoms with E-state index in [9.17, 15) is 4.79 Å². The van der Waals surface area contributed by atoms with Gasteiger partial charge >= 0.3 is 0 Å². The molecule has 4 rings (SSSR count). The van der Waals surface area contributed by atoms with Gasteiger partial charge in [0.1, 0.15) is 11.3 Å². The van der Waals surface area contributed by atoms with E-state index in [2.05, 4.69) is 20.3 Å². The molecule has 3 aromatic rings. The van der Waals surface area contributed by atoms with Gasteiger partial charge in [-0.05, 0) is 50.3 Å². The van der Waals surface area contributed by atoms with Crippen LogP contribution in [0, 0.1) is 13.8 Å². The second-order valence-electron chi connectivity index (χ2n) is 6.96. The van der Waals surface area contributed by atoms with Gasteiger partial charge < -0.3 is 9.42 Å². The summed E-state index contributed by atoms with van der Waals surface area (Å²) in [6.45, 7) is 6.52. The van der Waals surface area contributed by atoms with Gasteiger partial charge in [-0.2, -0.15) is 5.10 Å². The third kappa shape index (κ3) is 2.93. The maximum atomic E-state index is 13.3. The molecule has 7 heteroatoms. The number of carbonyl (C=O) groups excluding carboxylic acids is 1. The van der Waals surface area contributed by atoms with E-state index in [0.29, 0.717) is 24.3 Å². The van der Waals surface area contributed by atoms with Gasteiger partial charge in [-0.25, -0.2) is 0 Å². The van der Waals surface area contributed by atoms with Crippen LogP contribution in [0.4, 0.5) is 0 Å². The van der Waals surface area contributed by atoms with Crippen molar-refractivity contribution in [2.75, 3.05) is 6.54 Å². The molecule has 0 aliphatic carbocycles. The average molecular weight is 365 g/mol. The first-order chi connectivity index (χ1) is 13.1. The molecule has 0 bridgehead atoms. The van der Waals surface area contributed by atoms with Crippen molar-refractivity contribution in [2.45, 2.75) is 46.1 Å². The number of hydrogen-bond donors (Lipinski definition) is 1. The third-order valence-corrected chi connectivity index (χ3v) is 5.31. The largest absolute Gasteiger partial charge is 0.361 e. The fourth-order valence-electron chi connectivity index (χ4n) is 3.93. The Kier molecular flexibility index (Phi) is 4.51. The minimum absolute atomic E-state index is 0.0138. The van der Waals surface area contributed by atoms with Crippen molar-refractivity contribution in [1.82, 2.24) is 25.2 Å². The lowest BCUT2D eigenvalue weighted by atomic mass is 9.98. The van der Waals surface area contributed by atoms with E-state index in [0.717, 1.165) is 40.9 Å². The number of aromatic nitrogens is 4. The summed E-state index contributed by atoms with van der Waals surface area (Å²) in [5.41, 5.74) is 5.49. The summed E-state index contributed by atoms with van der Waals surface area (Å²) in [5.74, 6) is 0.567. The normalized spacial score (nSPS) is 16.9. The number of nitrogens with zero attached hydrogens (tertiary/aromatic N) is 4. The lowest BCUT2D eigenvalue weighted by Crippen LogP contribution is -2.31. The van der Waals surface area contributed by atoms with E-state index < -0.39 is 0 Å². The molecule has 4 heterocycles. The molecule has 0 saturated carbocycles. The van der Waals surface area contributed by atoms with Crippen molar-refractivity contribution < 1.29 is 9.32 Å². The van der Waals surface area contributed by atoms with Gasteiger partial charge in [-0.1, -0.05) is 12.1 Å². The molecular weight excluding hydrogens is 342 g/mol. The minimum atomic E-state index is -0.0402. The van der Waals surface area contributed by atoms with E-state index in [4.69, 9.17) is 4.52 Å². The molecule has 0 unspecified atom stereocenters. The number of aromatic amines is 1. The van der Waals surface area contributed by atoms with Crippen LogP contribution < -0.4 is 0 Å². The second kappa shape index (κ2) is 6.98. The molecule has 1 fully saturated rings. The maximum absolute atomic E-state index is 13.3. The quantitative estimate of drug-likeness (QED) is 0.763. The van der Waals surface area contributed by atoms with Crippen LogP contribution in [-0.4, -0.2) is 37.7 Å². The van der Waals surface area contributed by atoms with Crippen LogP contribution in [0.2, 0.25) is 0 Å². The highest BCUT2D eigenvalue weighted by Crippen LogP contribution is 2.38. The molecule has 0 aromatic carbocycles. The van der Waals surface area contributed by atoms with Crippen LogP contribution in [-0.2, 0) is 6.42 Å². The first-order valence-electron chi connectivity index (χ1n) is 9.32. The Bertz CT molecular complexity index is 974. The molecule has 0 spiro atoms. The monoisotopic (exact) mass is 365 g/mol. The van der Waals surface area contributed by atoms with Gasteiger partial charge in [0.05, 0.1) is 23.6 Å². The summed E-state index contributed by atoms with van der Waals surface area (Å²) in [7, 11) is 0. The van der Waals surface area contributed by atoms with Crippen molar-refractivity contribution in [3.05, 3.63) is 52.9 Å². The highest BCUT2D eigenvalue weighted by molar-refractivity contribution is 5.96. The lowest BCUT2D eigenvalue weighted by molar-refractivity contribution is 0.0730. The molecule has 27 heavy (non-hydrogen) atoms. The number of carbonyl (C=O) groups is 1. The molecule has 1 amide bonds. The van der Waals surface area contributed by atoms with Gasteiger partial charge in [0, 0.05) is 24.5 Å². The van der Waals surface area contributed by atoms with Crippen LogP contribution in [0.15, 0.2) is 29.2 Å². The van der Waals surface area contributed by atoms with Crippen molar-refractivity contribution in [2.24, 2.45) is 0 Å². The smallest absolute Gasteiger partial charge is 0.259 e. The standard InChI is InChI=1S/C20H23N5O2/c1-4-16-18(13(3)27-24-16)20(26)25-9-5-6-17(25)19-15(11-22-23-19)14-7-8-21-10-12(14)2/h7-8,10-11,17H,4-6,9H2,1-3H3,(H,22,23)/t17-/m0/s1. The summed E-state index contributed by atoms with van der Waals surface area (Å²) >= 11 is 0. The van der Waals surface area contributed by atoms with Crippen LogP contribution in [0.5, 0.6) is 0 Å². The average Bonchev–Trinajstić information content (AvgIpc) is 3.40. The maximum Gasteiger partial charge on any atom is 0.259 e. The third-order valence-electron chi connectivity index (χ3n) is 5.31. The number of likely N-dealkylation sites (tertiary alicyclic amines) is 1. The first kappa shape index (κ1) is 17.5. The lowest BCUT2D eigenvalue weighted by Gasteiger charge is -2.25. The number of pyridine rings is 1. The van der Waals surface area contributed by atoms with Crippen LogP contribution >= 0.6 is 0 Å². The number of rotatable bonds is 4. The van der Waals surface area contributed by atoms with Gasteiger partial charge in [-0.3, -0.25) is 14.9 Å². The van der Waals surface area contributed by atoms with E-state index in [1.54, 1.807) is 13.1 Å². The predicted molar refractivity (Wildman–Crippen MR) is 100 cm³/mol. The molecule has 140 valence electrons. The van der Waals surface area contributed by atoms with E-state index in [1.807, 2.05) is 37.2 Å². The highest BCUT2D eigenvalue weighted by Gasteiger charge is 2.36. The summed E-state index contributed by atoms with van der Waals surface area (Å²) in [4.78, 5) is 19.4. The second-order valence-corrected chi connectivity index (χ2v) is 6.96. The van der Waals surface area contributed by atoms with Crippen LogP contribution in [0.1, 0.15) is 58.9 Å². The molecule has 1 aliphatic heterocycles. The van der Waals surface area contributed by atoms with Crippen molar-refractivity contribution >= 4 is 5.91 Å². The number of amides is 1. The van der Waals surface area contributed by atoms with Gasteiger partial charge in [0.25, 0.3) is 5.91 Å². The summed E-state index contributed by atoms with van der Waals surface area (Å²) in [5, 5.41) is 11.5. The summed E-state index contributed by atoms with van der Waals surface area (Å²) in [6, 6.07) is 1.95. The SMILES string of the molecule is CCc1noc(C)c1C(=O)N1CCC[C@H]1c1[nH]ncc1-c1ccncc1C. The summed E-state index contributed by atoms with van der Waals surface area (Å²) < 4.78 is 5.28. The zero-order chi connectivity index (χ0) is 19.0. The van der Waals surface area contributed by atoms with Gasteiger partial charge in [0.2, 0.25) is 0 Å². The summed E-state index contributed by atoms with van der Waals surface area (Å²) in [6.07, 6.45) is 7.98. The molecule has 1 saturated heterocycles. The van der Waals surface area contributed by atoms with E-state index in [1.165, 1.54) is 0 Å². The number of aryl methyl sites for hydroxylation is 3. The van der Waals surface area contributed by atoms with Crippen LogP contribution in [0.3, 0.4) is 0 Å². The van der Waals surface area contributed by atoms with Crippen molar-refractivity contribution in [3.63, 3.8) is 0 Å². The van der Waals surface area contributed by atoms with E-state index in [-0.39, 0.29) is 11.9 Å². The molecule has 0 radical (unpaired) electrons. The topological polar surface area (TPSA) is 87.9 Å². The molecule has 3 aromatic heterocycles. The molecule has 1 aliphatic rings. The zero-order valence-electron chi connectivity index (χ0n) is 15.8. The Labute approximate surface area is 157 Å². The first-order valence-corrected chi connectivity index (χ1v) is 9.32. The van der Waals surface area contributed by atoms with E-state index >= 15 is 0 Å². The fourth-order valence-corrected chi connectivity index (χ4v) is 3.93. The van der Waals surface area contributed by atoms with Crippen LogP contribution in [0.25, 0.3) is 11.1 Å². The predicted octanol–water partition coefficient (Wildman–Crippen LogP) is 3.62. The molecular formula is C20H23N5O2. The highest BCUT2D eigenvalue weighted by atomic mass is 16.5. The Morgan fingerprint density at radius 3 is 2.96 bits per heavy atom. The Morgan fingerprint density at radius 1 is 1.33 bits per heavy atom. The Balaban J connectivity index is 1.71. The molecule has 1 N–H and O–H groups in total. The molecule has 7 nitrogen and oxygen atoms in total. The molecule has 1 atom stereocenters. The fraction of sp³-hybridized carbons (Fsp3) is 0.400. The Morgan fingerprint density at radius 2 is 2.19 bits per heavy atom. The van der Waals surface area contributed by atoms with Gasteiger partial charge in [-0.15, -0.1) is 0 Å². The number of nitrogens with one attached hydrogen (secondary N) is 1. The van der Waals surface area contributed by atoms with Gasteiger partial charge in [0.15, 0.2) is 0 Å². The van der Waals surface area contributed by atoms with Crippen molar-refractivity contribution in [3.8, 4) is 11.1 Å².